The van der Waals surface area contributed by atoms with E-state index in [1.165, 1.54) is 19.3 Å². The molecule has 0 unspecified atom stereocenters. The summed E-state index contributed by atoms with van der Waals surface area (Å²) >= 11 is 0. The quantitative estimate of drug-likeness (QED) is 0.670. The largest absolute Gasteiger partial charge is 0.497 e. The molecule has 2 aromatic rings. The van der Waals surface area contributed by atoms with Crippen LogP contribution in [0.5, 0.6) is 5.75 Å². The van der Waals surface area contributed by atoms with Crippen LogP contribution >= 0.6 is 0 Å². The van der Waals surface area contributed by atoms with E-state index in [0.717, 1.165) is 0 Å². The molecule has 2 rings (SSSR count). The fourth-order valence-electron chi connectivity index (χ4n) is 1.64. The topological polar surface area (TPSA) is 68.5 Å². The van der Waals surface area contributed by atoms with Crippen LogP contribution in [-0.2, 0) is 0 Å². The molecule has 1 heterocycles. The molecule has 0 bridgehead atoms. The average Bonchev–Trinajstić information content (AvgIpc) is 2.43. The third kappa shape index (κ3) is 2.65. The van der Waals surface area contributed by atoms with Crippen LogP contribution in [0.15, 0.2) is 46.1 Å². The van der Waals surface area contributed by atoms with E-state index >= 15 is 0 Å². The van der Waals surface area contributed by atoms with Crippen molar-refractivity contribution in [2.75, 3.05) is 13.7 Å². The summed E-state index contributed by atoms with van der Waals surface area (Å²) in [5.74, 6) is 0.103. The molecule has 0 fully saturated rings. The number of carbonyl (C=O) groups is 1. The van der Waals surface area contributed by atoms with Gasteiger partial charge in [0.05, 0.1) is 7.11 Å². The van der Waals surface area contributed by atoms with Gasteiger partial charge >= 0.3 is 5.63 Å². The molecule has 19 heavy (non-hydrogen) atoms. The van der Waals surface area contributed by atoms with Gasteiger partial charge in [-0.25, -0.2) is 4.79 Å². The molecule has 5 heteroatoms. The maximum Gasteiger partial charge on any atom is 0.349 e. The highest BCUT2D eigenvalue weighted by Gasteiger charge is 2.13. The van der Waals surface area contributed by atoms with E-state index in [9.17, 15) is 9.59 Å². The maximum atomic E-state index is 11.7. The number of ether oxygens (including phenoxy) is 1. The summed E-state index contributed by atoms with van der Waals surface area (Å²) in [6.45, 7) is 3.78. The number of rotatable bonds is 4. The van der Waals surface area contributed by atoms with Gasteiger partial charge in [-0.05, 0) is 18.2 Å². The lowest BCUT2D eigenvalue weighted by Gasteiger charge is -2.04. The minimum Gasteiger partial charge on any atom is -0.497 e. The highest BCUT2D eigenvalue weighted by molar-refractivity contribution is 5.96. The van der Waals surface area contributed by atoms with Crippen LogP contribution in [0, 0.1) is 0 Å². The molecule has 1 aromatic heterocycles. The molecule has 0 spiro atoms. The van der Waals surface area contributed by atoms with E-state index in [2.05, 4.69) is 11.9 Å². The molecule has 0 saturated carbocycles. The Balaban J connectivity index is 2.47. The fourth-order valence-corrected chi connectivity index (χ4v) is 1.64. The van der Waals surface area contributed by atoms with Crippen molar-refractivity contribution in [1.82, 2.24) is 5.32 Å². The van der Waals surface area contributed by atoms with Crippen molar-refractivity contribution in [2.45, 2.75) is 0 Å². The molecule has 98 valence electrons. The van der Waals surface area contributed by atoms with Crippen LogP contribution in [-0.4, -0.2) is 19.6 Å². The molecule has 1 aromatic carbocycles. The number of amides is 1. The number of fused-ring (bicyclic) bond motifs is 1. The Morgan fingerprint density at radius 1 is 1.47 bits per heavy atom. The molecule has 1 N–H and O–H groups in total. The second-order valence-corrected chi connectivity index (χ2v) is 3.85. The zero-order valence-electron chi connectivity index (χ0n) is 10.4. The van der Waals surface area contributed by atoms with Crippen molar-refractivity contribution in [3.8, 4) is 5.75 Å². The van der Waals surface area contributed by atoms with E-state index in [1.54, 1.807) is 18.2 Å². The first-order valence-corrected chi connectivity index (χ1v) is 5.66. The summed E-state index contributed by atoms with van der Waals surface area (Å²) in [7, 11) is 1.52. The van der Waals surface area contributed by atoms with Crippen molar-refractivity contribution >= 4 is 16.9 Å². The normalized spacial score (nSPS) is 10.2. The lowest BCUT2D eigenvalue weighted by molar-refractivity contribution is 0.0954. The van der Waals surface area contributed by atoms with Crippen molar-refractivity contribution in [1.29, 1.82) is 0 Å². The fraction of sp³-hybridized carbons (Fsp3) is 0.143. The van der Waals surface area contributed by atoms with Crippen LogP contribution in [0.2, 0.25) is 0 Å². The Bertz CT molecular complexity index is 687. The lowest BCUT2D eigenvalue weighted by atomic mass is 10.1. The first-order valence-electron chi connectivity index (χ1n) is 5.66. The van der Waals surface area contributed by atoms with Gasteiger partial charge in [0, 0.05) is 18.0 Å². The molecule has 5 nitrogen and oxygen atoms in total. The minimum atomic E-state index is -0.678. The number of carbonyl (C=O) groups excluding carboxylic acids is 1. The molecular formula is C14H13NO4. The predicted octanol–water partition coefficient (Wildman–Crippen LogP) is 1.72. The van der Waals surface area contributed by atoms with E-state index in [-0.39, 0.29) is 5.56 Å². The lowest BCUT2D eigenvalue weighted by Crippen LogP contribution is -2.28. The van der Waals surface area contributed by atoms with Crippen LogP contribution in [0.3, 0.4) is 0 Å². The highest BCUT2D eigenvalue weighted by Crippen LogP contribution is 2.20. The van der Waals surface area contributed by atoms with E-state index < -0.39 is 11.5 Å². The van der Waals surface area contributed by atoms with Crippen molar-refractivity contribution < 1.29 is 13.9 Å². The van der Waals surface area contributed by atoms with Crippen LogP contribution in [0.1, 0.15) is 10.4 Å². The first-order chi connectivity index (χ1) is 9.15. The van der Waals surface area contributed by atoms with Gasteiger partial charge in [-0.1, -0.05) is 6.08 Å². The highest BCUT2D eigenvalue weighted by atomic mass is 16.5. The number of methoxy groups -OCH3 is 1. The van der Waals surface area contributed by atoms with Gasteiger partial charge in [0.15, 0.2) is 0 Å². The summed E-state index contributed by atoms with van der Waals surface area (Å²) in [4.78, 5) is 23.5. The number of hydrogen-bond donors (Lipinski definition) is 1. The summed E-state index contributed by atoms with van der Waals surface area (Å²) in [5, 5.41) is 3.19. The minimum absolute atomic E-state index is 0.0282. The molecular weight excluding hydrogens is 246 g/mol. The van der Waals surface area contributed by atoms with E-state index in [0.29, 0.717) is 23.3 Å². The number of hydrogen-bond acceptors (Lipinski definition) is 4. The third-order valence-electron chi connectivity index (χ3n) is 2.59. The van der Waals surface area contributed by atoms with Crippen molar-refractivity contribution in [2.24, 2.45) is 0 Å². The molecule has 0 saturated heterocycles. The molecule has 1 amide bonds. The Hall–Kier alpha value is -2.56. The van der Waals surface area contributed by atoms with Crippen LogP contribution < -0.4 is 15.7 Å². The van der Waals surface area contributed by atoms with E-state index in [4.69, 9.17) is 9.15 Å². The second kappa shape index (κ2) is 5.39. The van der Waals surface area contributed by atoms with Gasteiger partial charge in [-0.15, -0.1) is 6.58 Å². The first kappa shape index (κ1) is 12.9. The molecule has 0 atom stereocenters. The summed E-state index contributed by atoms with van der Waals surface area (Å²) < 4.78 is 10.2. The zero-order chi connectivity index (χ0) is 13.8. The third-order valence-corrected chi connectivity index (χ3v) is 2.59. The Morgan fingerprint density at radius 3 is 2.95 bits per heavy atom. The molecule has 0 aliphatic carbocycles. The summed E-state index contributed by atoms with van der Waals surface area (Å²) in [5.41, 5.74) is -0.327. The van der Waals surface area contributed by atoms with E-state index in [1.807, 2.05) is 0 Å². The smallest absolute Gasteiger partial charge is 0.349 e. The van der Waals surface area contributed by atoms with Gasteiger partial charge in [0.1, 0.15) is 16.9 Å². The maximum absolute atomic E-state index is 11.7. The van der Waals surface area contributed by atoms with Gasteiger partial charge in [-0.3, -0.25) is 4.79 Å². The second-order valence-electron chi connectivity index (χ2n) is 3.85. The zero-order valence-corrected chi connectivity index (χ0v) is 10.4. The molecule has 0 radical (unpaired) electrons. The predicted molar refractivity (Wildman–Crippen MR) is 71.6 cm³/mol. The average molecular weight is 259 g/mol. The standard InChI is InChI=1S/C14H13NO4/c1-3-6-15-13(16)11-7-9-4-5-10(18-2)8-12(9)19-14(11)17/h3-5,7-8H,1,6H2,2H3,(H,15,16). The van der Waals surface area contributed by atoms with Crippen LogP contribution in [0.4, 0.5) is 0 Å². The van der Waals surface area contributed by atoms with Crippen molar-refractivity contribution in [3.63, 3.8) is 0 Å². The SMILES string of the molecule is C=CCNC(=O)c1cc2ccc(OC)cc2oc1=O. The molecule has 0 aliphatic heterocycles. The Labute approximate surface area is 109 Å². The van der Waals surface area contributed by atoms with Gasteiger partial charge in [0.25, 0.3) is 5.91 Å². The van der Waals surface area contributed by atoms with Gasteiger partial charge in [0.2, 0.25) is 0 Å². The number of nitrogens with one attached hydrogen (secondary N) is 1. The summed E-state index contributed by atoms with van der Waals surface area (Å²) in [6, 6.07) is 6.55. The van der Waals surface area contributed by atoms with Gasteiger partial charge < -0.3 is 14.5 Å². The molecule has 0 aliphatic rings. The van der Waals surface area contributed by atoms with Crippen molar-refractivity contribution in [3.05, 3.63) is 52.9 Å². The van der Waals surface area contributed by atoms with Crippen LogP contribution in [0.25, 0.3) is 11.0 Å². The Kier molecular flexibility index (Phi) is 3.66. The number of benzene rings is 1. The van der Waals surface area contributed by atoms with Gasteiger partial charge in [-0.2, -0.15) is 0 Å². The monoisotopic (exact) mass is 259 g/mol. The Morgan fingerprint density at radius 2 is 2.26 bits per heavy atom. The summed E-state index contributed by atoms with van der Waals surface area (Å²) in [6.07, 6.45) is 1.53.